The molecule has 1 rings (SSSR count). The van der Waals surface area contributed by atoms with Crippen LogP contribution in [0.3, 0.4) is 0 Å². The standard InChI is InChI=1S/C12H15NO/c1-5-11(9(2)3)10-6-7-13-12(8-10)14-4/h5-8H,2H2,1,3-4H3/b11-5+. The maximum Gasteiger partial charge on any atom is 0.213 e. The van der Waals surface area contributed by atoms with E-state index in [4.69, 9.17) is 4.74 Å². The zero-order chi connectivity index (χ0) is 10.6. The van der Waals surface area contributed by atoms with Crippen LogP contribution in [0.1, 0.15) is 19.4 Å². The fraction of sp³-hybridized carbons (Fsp3) is 0.250. The van der Waals surface area contributed by atoms with E-state index < -0.39 is 0 Å². The Hall–Kier alpha value is -1.57. The predicted octanol–water partition coefficient (Wildman–Crippen LogP) is 3.07. The van der Waals surface area contributed by atoms with Crippen molar-refractivity contribution in [2.24, 2.45) is 0 Å². The summed E-state index contributed by atoms with van der Waals surface area (Å²) in [5, 5.41) is 0. The molecule has 0 saturated carbocycles. The van der Waals surface area contributed by atoms with Crippen molar-refractivity contribution in [1.82, 2.24) is 4.98 Å². The Kier molecular flexibility index (Phi) is 3.46. The van der Waals surface area contributed by atoms with Gasteiger partial charge >= 0.3 is 0 Å². The average Bonchev–Trinajstić information content (AvgIpc) is 2.19. The third-order valence-corrected chi connectivity index (χ3v) is 2.00. The monoisotopic (exact) mass is 189 g/mol. The first-order valence-electron chi connectivity index (χ1n) is 4.51. The Balaban J connectivity index is 3.11. The second-order valence-electron chi connectivity index (χ2n) is 3.07. The van der Waals surface area contributed by atoms with Gasteiger partial charge in [-0.15, -0.1) is 0 Å². The number of rotatable bonds is 3. The summed E-state index contributed by atoms with van der Waals surface area (Å²) in [6.45, 7) is 7.91. The average molecular weight is 189 g/mol. The van der Waals surface area contributed by atoms with Gasteiger partial charge in [0.25, 0.3) is 0 Å². The van der Waals surface area contributed by atoms with Gasteiger partial charge in [0.15, 0.2) is 0 Å². The number of aromatic nitrogens is 1. The molecule has 0 fully saturated rings. The van der Waals surface area contributed by atoms with Crippen LogP contribution in [-0.4, -0.2) is 12.1 Å². The van der Waals surface area contributed by atoms with Gasteiger partial charge < -0.3 is 4.74 Å². The molecule has 0 aromatic carbocycles. The van der Waals surface area contributed by atoms with Crippen molar-refractivity contribution in [1.29, 1.82) is 0 Å². The maximum absolute atomic E-state index is 5.06. The van der Waals surface area contributed by atoms with Gasteiger partial charge in [-0.1, -0.05) is 18.2 Å². The minimum atomic E-state index is 0.628. The van der Waals surface area contributed by atoms with Crippen molar-refractivity contribution in [2.75, 3.05) is 7.11 Å². The lowest BCUT2D eigenvalue weighted by molar-refractivity contribution is 0.398. The summed E-state index contributed by atoms with van der Waals surface area (Å²) in [4.78, 5) is 4.05. The van der Waals surface area contributed by atoms with E-state index >= 15 is 0 Å². The molecule has 0 saturated heterocycles. The van der Waals surface area contributed by atoms with E-state index in [1.54, 1.807) is 13.3 Å². The van der Waals surface area contributed by atoms with E-state index in [1.807, 2.05) is 32.1 Å². The van der Waals surface area contributed by atoms with Gasteiger partial charge in [0.05, 0.1) is 7.11 Å². The maximum atomic E-state index is 5.06. The molecule has 0 radical (unpaired) electrons. The van der Waals surface area contributed by atoms with Crippen LogP contribution in [0.15, 0.2) is 36.6 Å². The number of hydrogen-bond donors (Lipinski definition) is 0. The van der Waals surface area contributed by atoms with Gasteiger partial charge in [-0.3, -0.25) is 0 Å². The zero-order valence-electron chi connectivity index (χ0n) is 8.87. The molecule has 0 aliphatic rings. The second-order valence-corrected chi connectivity index (χ2v) is 3.07. The fourth-order valence-corrected chi connectivity index (χ4v) is 1.35. The van der Waals surface area contributed by atoms with Crippen LogP contribution in [0.4, 0.5) is 0 Å². The number of hydrogen-bond acceptors (Lipinski definition) is 2. The van der Waals surface area contributed by atoms with Gasteiger partial charge in [-0.2, -0.15) is 0 Å². The van der Waals surface area contributed by atoms with Crippen molar-refractivity contribution in [2.45, 2.75) is 13.8 Å². The molecule has 1 aromatic rings. The van der Waals surface area contributed by atoms with Gasteiger partial charge in [0.2, 0.25) is 5.88 Å². The highest BCUT2D eigenvalue weighted by atomic mass is 16.5. The van der Waals surface area contributed by atoms with Crippen LogP contribution in [0.25, 0.3) is 5.57 Å². The molecule has 0 bridgehead atoms. The molecular formula is C12H15NO. The third kappa shape index (κ3) is 2.22. The largest absolute Gasteiger partial charge is 0.481 e. The van der Waals surface area contributed by atoms with Gasteiger partial charge in [-0.25, -0.2) is 4.98 Å². The highest BCUT2D eigenvalue weighted by Gasteiger charge is 2.02. The molecule has 0 aliphatic heterocycles. The molecule has 2 nitrogen and oxygen atoms in total. The number of methoxy groups -OCH3 is 1. The molecular weight excluding hydrogens is 174 g/mol. The minimum Gasteiger partial charge on any atom is -0.481 e. The molecule has 74 valence electrons. The molecule has 0 aliphatic carbocycles. The summed E-state index contributed by atoms with van der Waals surface area (Å²) < 4.78 is 5.06. The minimum absolute atomic E-state index is 0.628. The van der Waals surface area contributed by atoms with Crippen LogP contribution in [0.5, 0.6) is 5.88 Å². The molecule has 0 amide bonds. The normalized spacial score (nSPS) is 11.2. The molecule has 0 N–H and O–H groups in total. The molecule has 14 heavy (non-hydrogen) atoms. The molecule has 1 aromatic heterocycles. The highest BCUT2D eigenvalue weighted by molar-refractivity contribution is 5.77. The first-order chi connectivity index (χ1) is 6.69. The van der Waals surface area contributed by atoms with Crippen molar-refractivity contribution in [3.8, 4) is 5.88 Å². The van der Waals surface area contributed by atoms with Crippen LogP contribution in [0, 0.1) is 0 Å². The van der Waals surface area contributed by atoms with Crippen molar-refractivity contribution >= 4 is 5.57 Å². The number of ether oxygens (including phenoxy) is 1. The van der Waals surface area contributed by atoms with E-state index in [9.17, 15) is 0 Å². The summed E-state index contributed by atoms with van der Waals surface area (Å²) in [6, 6.07) is 3.86. The van der Waals surface area contributed by atoms with Crippen LogP contribution >= 0.6 is 0 Å². The fourth-order valence-electron chi connectivity index (χ4n) is 1.35. The number of pyridine rings is 1. The lowest BCUT2D eigenvalue weighted by atomic mass is 10.0. The zero-order valence-corrected chi connectivity index (χ0v) is 8.87. The predicted molar refractivity (Wildman–Crippen MR) is 59.3 cm³/mol. The van der Waals surface area contributed by atoms with Crippen LogP contribution < -0.4 is 4.74 Å². The van der Waals surface area contributed by atoms with E-state index in [1.165, 1.54) is 0 Å². The van der Waals surface area contributed by atoms with E-state index in [0.717, 1.165) is 16.7 Å². The highest BCUT2D eigenvalue weighted by Crippen LogP contribution is 2.23. The summed E-state index contributed by atoms with van der Waals surface area (Å²) in [5.41, 5.74) is 3.26. The Morgan fingerprint density at radius 1 is 1.57 bits per heavy atom. The Morgan fingerprint density at radius 2 is 2.29 bits per heavy atom. The summed E-state index contributed by atoms with van der Waals surface area (Å²) in [6.07, 6.45) is 3.78. The smallest absolute Gasteiger partial charge is 0.213 e. The molecule has 2 heteroatoms. The lowest BCUT2D eigenvalue weighted by Crippen LogP contribution is -1.90. The van der Waals surface area contributed by atoms with Gasteiger partial charge in [-0.05, 0) is 31.1 Å². The summed E-state index contributed by atoms with van der Waals surface area (Å²) >= 11 is 0. The van der Waals surface area contributed by atoms with Gasteiger partial charge in [0.1, 0.15) is 0 Å². The van der Waals surface area contributed by atoms with E-state index in [-0.39, 0.29) is 0 Å². The summed E-state index contributed by atoms with van der Waals surface area (Å²) in [7, 11) is 1.61. The van der Waals surface area contributed by atoms with Crippen molar-refractivity contribution < 1.29 is 4.74 Å². The third-order valence-electron chi connectivity index (χ3n) is 2.00. The molecule has 0 atom stereocenters. The Morgan fingerprint density at radius 3 is 2.79 bits per heavy atom. The second kappa shape index (κ2) is 4.61. The SMILES string of the molecule is C=C(C)/C(=C\C)c1ccnc(OC)c1. The first kappa shape index (κ1) is 10.5. The molecule has 0 spiro atoms. The van der Waals surface area contributed by atoms with Crippen molar-refractivity contribution in [3.05, 3.63) is 42.1 Å². The quantitative estimate of drug-likeness (QED) is 0.682. The Labute approximate surface area is 84.9 Å². The Bertz CT molecular complexity index is 366. The van der Waals surface area contributed by atoms with Crippen molar-refractivity contribution in [3.63, 3.8) is 0 Å². The van der Waals surface area contributed by atoms with E-state index in [0.29, 0.717) is 5.88 Å². The number of nitrogens with zero attached hydrogens (tertiary/aromatic N) is 1. The molecule has 1 heterocycles. The van der Waals surface area contributed by atoms with Crippen LogP contribution in [0.2, 0.25) is 0 Å². The summed E-state index contributed by atoms with van der Waals surface area (Å²) in [5.74, 6) is 0.628. The van der Waals surface area contributed by atoms with Crippen LogP contribution in [-0.2, 0) is 0 Å². The lowest BCUT2D eigenvalue weighted by Gasteiger charge is -2.07. The first-order valence-corrected chi connectivity index (χ1v) is 4.51. The van der Waals surface area contributed by atoms with E-state index in [2.05, 4.69) is 11.6 Å². The number of allylic oxidation sites excluding steroid dienone is 3. The topological polar surface area (TPSA) is 22.1 Å². The van der Waals surface area contributed by atoms with Gasteiger partial charge in [0, 0.05) is 12.3 Å². The molecule has 0 unspecified atom stereocenters.